The Hall–Kier alpha value is -0.840. The molecule has 1 fully saturated rings. The lowest BCUT2D eigenvalue weighted by Gasteiger charge is -2.40. The van der Waals surface area contributed by atoms with Crippen LogP contribution in [0.25, 0.3) is 0 Å². The van der Waals surface area contributed by atoms with Gasteiger partial charge < -0.3 is 4.74 Å². The van der Waals surface area contributed by atoms with Crippen molar-refractivity contribution in [2.45, 2.75) is 25.4 Å². The zero-order valence-electron chi connectivity index (χ0n) is 9.83. The van der Waals surface area contributed by atoms with Crippen molar-refractivity contribution in [2.75, 3.05) is 12.4 Å². The van der Waals surface area contributed by atoms with Crippen LogP contribution >= 0.6 is 12.6 Å². The summed E-state index contributed by atoms with van der Waals surface area (Å²) in [6, 6.07) is 4.83. The van der Waals surface area contributed by atoms with Crippen LogP contribution < -0.4 is 4.74 Å². The number of hydrogen-bond acceptors (Lipinski definition) is 2. The minimum Gasteiger partial charge on any atom is -0.493 e. The van der Waals surface area contributed by atoms with Gasteiger partial charge in [-0.2, -0.15) is 25.8 Å². The van der Waals surface area contributed by atoms with E-state index >= 15 is 0 Å². The van der Waals surface area contributed by atoms with Crippen LogP contribution in [0.2, 0.25) is 0 Å². The molecule has 100 valence electrons. The molecule has 1 aliphatic rings. The lowest BCUT2D eigenvalue weighted by molar-refractivity contribution is -0.137. The van der Waals surface area contributed by atoms with Gasteiger partial charge in [-0.3, -0.25) is 0 Å². The van der Waals surface area contributed by atoms with E-state index in [1.54, 1.807) is 0 Å². The van der Waals surface area contributed by atoms with Gasteiger partial charge in [0.1, 0.15) is 5.75 Å². The Balaban J connectivity index is 1.94. The zero-order valence-corrected chi connectivity index (χ0v) is 10.7. The van der Waals surface area contributed by atoms with Crippen LogP contribution in [-0.4, -0.2) is 12.4 Å². The molecule has 1 aromatic carbocycles. The maximum atomic E-state index is 12.4. The van der Waals surface area contributed by atoms with Gasteiger partial charge in [-0.05, 0) is 42.9 Å². The highest BCUT2D eigenvalue weighted by Crippen LogP contribution is 2.42. The molecule has 0 aromatic heterocycles. The molecule has 0 radical (unpaired) electrons. The number of thiol groups is 1. The molecule has 1 nitrogen and oxygen atoms in total. The molecule has 1 aromatic rings. The summed E-state index contributed by atoms with van der Waals surface area (Å²) in [7, 11) is 0. The van der Waals surface area contributed by atoms with E-state index in [4.69, 9.17) is 4.74 Å². The second kappa shape index (κ2) is 5.03. The van der Waals surface area contributed by atoms with Crippen LogP contribution in [0.15, 0.2) is 24.3 Å². The number of rotatable bonds is 4. The molecule has 0 spiro atoms. The molecule has 18 heavy (non-hydrogen) atoms. The molecule has 0 atom stereocenters. The van der Waals surface area contributed by atoms with E-state index in [2.05, 4.69) is 12.6 Å². The quantitative estimate of drug-likeness (QED) is 0.811. The predicted octanol–water partition coefficient (Wildman–Crippen LogP) is 4.18. The fourth-order valence-corrected chi connectivity index (χ4v) is 2.41. The molecule has 0 heterocycles. The molecular weight excluding hydrogens is 261 g/mol. The van der Waals surface area contributed by atoms with Crippen molar-refractivity contribution in [3.05, 3.63) is 29.8 Å². The third kappa shape index (κ3) is 2.94. The van der Waals surface area contributed by atoms with Crippen LogP contribution in [0.5, 0.6) is 5.75 Å². The summed E-state index contributed by atoms with van der Waals surface area (Å²) < 4.78 is 42.6. The van der Waals surface area contributed by atoms with Gasteiger partial charge in [-0.15, -0.1) is 0 Å². The fraction of sp³-hybridized carbons (Fsp3) is 0.538. The van der Waals surface area contributed by atoms with Gasteiger partial charge >= 0.3 is 6.18 Å². The minimum absolute atomic E-state index is 0.117. The van der Waals surface area contributed by atoms with Crippen LogP contribution in [-0.2, 0) is 6.18 Å². The molecule has 0 saturated heterocycles. The summed E-state index contributed by atoms with van der Waals surface area (Å²) in [5.74, 6) is 1.24. The van der Waals surface area contributed by atoms with E-state index in [1.165, 1.54) is 18.6 Å². The second-order valence-corrected chi connectivity index (χ2v) is 5.14. The largest absolute Gasteiger partial charge is 0.493 e. The molecule has 0 bridgehead atoms. The topological polar surface area (TPSA) is 9.23 Å². The Bertz CT molecular complexity index is 390. The Morgan fingerprint density at radius 3 is 2.17 bits per heavy atom. The lowest BCUT2D eigenvalue weighted by atomic mass is 9.71. The van der Waals surface area contributed by atoms with Gasteiger partial charge in [0.05, 0.1) is 12.2 Å². The second-order valence-electron chi connectivity index (χ2n) is 4.82. The van der Waals surface area contributed by atoms with E-state index in [1.807, 2.05) is 0 Å². The molecule has 0 N–H and O–H groups in total. The van der Waals surface area contributed by atoms with Crippen molar-refractivity contribution in [3.8, 4) is 5.75 Å². The van der Waals surface area contributed by atoms with Crippen molar-refractivity contribution < 1.29 is 17.9 Å². The average molecular weight is 276 g/mol. The summed E-state index contributed by atoms with van der Waals surface area (Å²) >= 11 is 4.30. The van der Waals surface area contributed by atoms with E-state index < -0.39 is 11.7 Å². The summed E-state index contributed by atoms with van der Waals surface area (Å²) in [5, 5.41) is 0. The first-order chi connectivity index (χ1) is 8.45. The smallest absolute Gasteiger partial charge is 0.416 e. The summed E-state index contributed by atoms with van der Waals surface area (Å²) in [4.78, 5) is 0. The van der Waals surface area contributed by atoms with E-state index in [0.717, 1.165) is 30.7 Å². The maximum absolute atomic E-state index is 12.4. The van der Waals surface area contributed by atoms with E-state index in [9.17, 15) is 13.2 Å². The zero-order chi connectivity index (χ0) is 13.2. The number of benzene rings is 1. The summed E-state index contributed by atoms with van der Waals surface area (Å²) in [6.07, 6.45) is -0.954. The van der Waals surface area contributed by atoms with Crippen molar-refractivity contribution in [1.82, 2.24) is 0 Å². The molecule has 1 saturated carbocycles. The van der Waals surface area contributed by atoms with Gasteiger partial charge in [-0.1, -0.05) is 6.42 Å². The number of halogens is 3. The van der Waals surface area contributed by atoms with E-state index in [0.29, 0.717) is 12.4 Å². The fourth-order valence-electron chi connectivity index (χ4n) is 2.00. The normalized spacial score (nSPS) is 18.2. The molecule has 0 amide bonds. The highest BCUT2D eigenvalue weighted by Gasteiger charge is 2.36. The van der Waals surface area contributed by atoms with Gasteiger partial charge in [0.25, 0.3) is 0 Å². The lowest BCUT2D eigenvalue weighted by Crippen LogP contribution is -2.37. The molecule has 2 rings (SSSR count). The third-order valence-corrected chi connectivity index (χ3v) is 4.15. The average Bonchev–Trinajstić information content (AvgIpc) is 2.28. The van der Waals surface area contributed by atoms with E-state index in [-0.39, 0.29) is 5.41 Å². The highest BCUT2D eigenvalue weighted by molar-refractivity contribution is 7.80. The van der Waals surface area contributed by atoms with Crippen molar-refractivity contribution in [1.29, 1.82) is 0 Å². The monoisotopic (exact) mass is 276 g/mol. The Morgan fingerprint density at radius 1 is 1.17 bits per heavy atom. The summed E-state index contributed by atoms with van der Waals surface area (Å²) in [5.41, 5.74) is -0.534. The third-order valence-electron chi connectivity index (χ3n) is 3.48. The number of hydrogen-bond donors (Lipinski definition) is 1. The van der Waals surface area contributed by atoms with Gasteiger partial charge in [0, 0.05) is 5.41 Å². The van der Waals surface area contributed by atoms with Crippen LogP contribution in [0.1, 0.15) is 24.8 Å². The molecule has 5 heteroatoms. The number of alkyl halides is 3. The molecule has 0 aliphatic heterocycles. The minimum atomic E-state index is -4.29. The predicted molar refractivity (Wildman–Crippen MR) is 67.1 cm³/mol. The first kappa shape index (κ1) is 13.6. The first-order valence-corrected chi connectivity index (χ1v) is 6.49. The van der Waals surface area contributed by atoms with Gasteiger partial charge in [0.15, 0.2) is 0 Å². The Labute approximate surface area is 110 Å². The van der Waals surface area contributed by atoms with Crippen LogP contribution in [0.3, 0.4) is 0 Å². The van der Waals surface area contributed by atoms with Gasteiger partial charge in [-0.25, -0.2) is 0 Å². The Kier molecular flexibility index (Phi) is 3.80. The molecule has 0 unspecified atom stereocenters. The first-order valence-electron chi connectivity index (χ1n) is 5.86. The van der Waals surface area contributed by atoms with Crippen LogP contribution in [0.4, 0.5) is 13.2 Å². The SMILES string of the molecule is FC(F)(F)c1ccc(OCC2(CS)CCC2)cc1. The Morgan fingerprint density at radius 2 is 1.78 bits per heavy atom. The van der Waals surface area contributed by atoms with Gasteiger partial charge in [0.2, 0.25) is 0 Å². The maximum Gasteiger partial charge on any atom is 0.416 e. The molecular formula is C13H15F3OS. The van der Waals surface area contributed by atoms with Crippen molar-refractivity contribution in [3.63, 3.8) is 0 Å². The highest BCUT2D eigenvalue weighted by atomic mass is 32.1. The molecule has 1 aliphatic carbocycles. The summed E-state index contributed by atoms with van der Waals surface area (Å²) in [6.45, 7) is 0.530. The van der Waals surface area contributed by atoms with Crippen LogP contribution in [0, 0.1) is 5.41 Å². The standard InChI is InChI=1S/C13H15F3OS/c14-13(15,16)10-2-4-11(5-3-10)17-8-12(9-18)6-1-7-12/h2-5,18H,1,6-9H2. The number of ether oxygens (including phenoxy) is 1. The van der Waals surface area contributed by atoms with Crippen molar-refractivity contribution in [2.24, 2.45) is 5.41 Å². The van der Waals surface area contributed by atoms with Crippen molar-refractivity contribution >= 4 is 12.6 Å².